The molecule has 1 aliphatic rings. The molecule has 1 saturated carbocycles. The van der Waals surface area contributed by atoms with E-state index in [0.29, 0.717) is 19.4 Å². The van der Waals surface area contributed by atoms with Crippen molar-refractivity contribution in [2.75, 3.05) is 0 Å². The fourth-order valence-electron chi connectivity index (χ4n) is 4.27. The number of ketones is 1. The van der Waals surface area contributed by atoms with Crippen LogP contribution in [0.3, 0.4) is 0 Å². The average Bonchev–Trinajstić information content (AvgIpc) is 3.34. The number of Topliss-reactive ketones (excluding diaryl/α,β-unsaturated/α-hetero) is 1. The van der Waals surface area contributed by atoms with Crippen molar-refractivity contribution in [1.82, 2.24) is 9.97 Å². The summed E-state index contributed by atoms with van der Waals surface area (Å²) in [5.74, 6) is 1.71. The molecule has 0 atom stereocenters. The monoisotopic (exact) mass is 376 g/mol. The largest absolute Gasteiger partial charge is 0.487 e. The number of H-pyrrole nitrogens is 1. The molecular formula is C24H28N2O2. The van der Waals surface area contributed by atoms with Gasteiger partial charge in [0.1, 0.15) is 23.8 Å². The highest BCUT2D eigenvalue weighted by Gasteiger charge is 2.18. The lowest BCUT2D eigenvalue weighted by Gasteiger charge is -2.14. The summed E-state index contributed by atoms with van der Waals surface area (Å²) >= 11 is 0. The number of fused-ring (bicyclic) bond motifs is 1. The highest BCUT2D eigenvalue weighted by Crippen LogP contribution is 2.36. The number of nitrogens with one attached hydrogen (secondary N) is 1. The fraction of sp³-hybridized carbons (Fsp3) is 0.417. The second kappa shape index (κ2) is 8.17. The SMILES string of the molecule is CC(=O)CCc1cc2cc(OCc3ccc(C4CCCC4)c(C)c3)cnc2[nH]1. The van der Waals surface area contributed by atoms with Crippen LogP contribution in [-0.2, 0) is 17.8 Å². The number of aromatic amines is 1. The lowest BCUT2D eigenvalue weighted by molar-refractivity contribution is -0.116. The van der Waals surface area contributed by atoms with Crippen molar-refractivity contribution in [2.45, 2.75) is 64.9 Å². The number of aryl methyl sites for hydroxylation is 2. The first-order valence-corrected chi connectivity index (χ1v) is 10.3. The normalized spacial score (nSPS) is 14.6. The number of ether oxygens (including phenoxy) is 1. The smallest absolute Gasteiger partial charge is 0.138 e. The van der Waals surface area contributed by atoms with E-state index < -0.39 is 0 Å². The molecule has 2 aromatic heterocycles. The standard InChI is InChI=1S/C24H28N2O2/c1-16-11-18(8-10-23(16)19-5-3-4-6-19)15-28-22-13-20-12-21(9-7-17(2)27)26-24(20)25-14-22/h8,10-14,19H,3-7,9,15H2,1-2H3,(H,25,26). The first-order valence-electron chi connectivity index (χ1n) is 10.3. The van der Waals surface area contributed by atoms with Crippen LogP contribution in [0.25, 0.3) is 11.0 Å². The van der Waals surface area contributed by atoms with Crippen LogP contribution in [0.4, 0.5) is 0 Å². The van der Waals surface area contributed by atoms with Crippen molar-refractivity contribution < 1.29 is 9.53 Å². The minimum atomic E-state index is 0.199. The Morgan fingerprint density at radius 1 is 1.21 bits per heavy atom. The molecule has 3 aromatic rings. The number of hydrogen-bond acceptors (Lipinski definition) is 3. The number of rotatable bonds is 7. The third-order valence-electron chi connectivity index (χ3n) is 5.78. The molecular weight excluding hydrogens is 348 g/mol. The van der Waals surface area contributed by atoms with Crippen molar-refractivity contribution in [2.24, 2.45) is 0 Å². The quantitative estimate of drug-likeness (QED) is 0.581. The zero-order valence-electron chi connectivity index (χ0n) is 16.8. The van der Waals surface area contributed by atoms with Gasteiger partial charge in [-0.1, -0.05) is 31.0 Å². The van der Waals surface area contributed by atoms with E-state index in [1.807, 2.05) is 6.07 Å². The summed E-state index contributed by atoms with van der Waals surface area (Å²) in [5, 5.41) is 1.02. The van der Waals surface area contributed by atoms with Crippen molar-refractivity contribution in [3.05, 3.63) is 58.9 Å². The molecule has 0 unspecified atom stereocenters. The van der Waals surface area contributed by atoms with E-state index in [-0.39, 0.29) is 5.78 Å². The Morgan fingerprint density at radius 3 is 2.79 bits per heavy atom. The maximum absolute atomic E-state index is 11.2. The predicted octanol–water partition coefficient (Wildman–Crippen LogP) is 5.63. The van der Waals surface area contributed by atoms with Crippen molar-refractivity contribution >= 4 is 16.8 Å². The van der Waals surface area contributed by atoms with E-state index in [4.69, 9.17) is 4.74 Å². The summed E-state index contributed by atoms with van der Waals surface area (Å²) in [7, 11) is 0. The van der Waals surface area contributed by atoms with Crippen LogP contribution in [-0.4, -0.2) is 15.8 Å². The van der Waals surface area contributed by atoms with Gasteiger partial charge < -0.3 is 14.5 Å². The molecule has 0 saturated heterocycles. The third-order valence-corrected chi connectivity index (χ3v) is 5.78. The summed E-state index contributed by atoms with van der Waals surface area (Å²) in [6.07, 6.45) is 8.40. The second-order valence-electron chi connectivity index (χ2n) is 8.07. The summed E-state index contributed by atoms with van der Waals surface area (Å²) in [5.41, 5.74) is 5.95. The number of carbonyl (C=O) groups is 1. The number of hydrogen-bond donors (Lipinski definition) is 1. The van der Waals surface area contributed by atoms with Gasteiger partial charge in [-0.3, -0.25) is 0 Å². The van der Waals surface area contributed by atoms with Gasteiger partial charge in [-0.2, -0.15) is 0 Å². The van der Waals surface area contributed by atoms with Crippen LogP contribution >= 0.6 is 0 Å². The van der Waals surface area contributed by atoms with E-state index in [1.54, 1.807) is 13.1 Å². The lowest BCUT2D eigenvalue weighted by atomic mass is 9.92. The van der Waals surface area contributed by atoms with Gasteiger partial charge in [0.15, 0.2) is 0 Å². The molecule has 1 aromatic carbocycles. The van der Waals surface area contributed by atoms with E-state index in [2.05, 4.69) is 41.2 Å². The molecule has 0 aliphatic heterocycles. The lowest BCUT2D eigenvalue weighted by Crippen LogP contribution is -2.00. The molecule has 146 valence electrons. The number of aromatic nitrogens is 2. The van der Waals surface area contributed by atoms with Gasteiger partial charge in [-0.05, 0) is 67.9 Å². The molecule has 0 amide bonds. The fourth-order valence-corrected chi connectivity index (χ4v) is 4.27. The third kappa shape index (κ3) is 4.27. The van der Waals surface area contributed by atoms with Crippen LogP contribution < -0.4 is 4.74 Å². The molecule has 0 bridgehead atoms. The van der Waals surface area contributed by atoms with Gasteiger partial charge in [0, 0.05) is 17.5 Å². The molecule has 0 spiro atoms. The van der Waals surface area contributed by atoms with E-state index in [0.717, 1.165) is 28.4 Å². The van der Waals surface area contributed by atoms with Crippen LogP contribution in [0.5, 0.6) is 5.75 Å². The van der Waals surface area contributed by atoms with Gasteiger partial charge >= 0.3 is 0 Å². The van der Waals surface area contributed by atoms with Gasteiger partial charge in [-0.15, -0.1) is 0 Å². The highest BCUT2D eigenvalue weighted by atomic mass is 16.5. The Hall–Kier alpha value is -2.62. The molecule has 2 heterocycles. The molecule has 1 aliphatic carbocycles. The van der Waals surface area contributed by atoms with Gasteiger partial charge in [0.2, 0.25) is 0 Å². The minimum absolute atomic E-state index is 0.199. The van der Waals surface area contributed by atoms with Gasteiger partial charge in [-0.25, -0.2) is 4.98 Å². The van der Waals surface area contributed by atoms with E-state index in [9.17, 15) is 4.79 Å². The van der Waals surface area contributed by atoms with E-state index >= 15 is 0 Å². The van der Waals surface area contributed by atoms with Gasteiger partial charge in [0.25, 0.3) is 0 Å². The van der Waals surface area contributed by atoms with Crippen LogP contribution in [0.1, 0.15) is 67.3 Å². The Kier molecular flexibility index (Phi) is 5.47. The first kappa shape index (κ1) is 18.7. The zero-order valence-corrected chi connectivity index (χ0v) is 16.8. The molecule has 1 N–H and O–H groups in total. The molecule has 0 radical (unpaired) electrons. The molecule has 4 heteroatoms. The summed E-state index contributed by atoms with van der Waals surface area (Å²) in [4.78, 5) is 18.9. The minimum Gasteiger partial charge on any atom is -0.487 e. The Balaban J connectivity index is 1.42. The van der Waals surface area contributed by atoms with Crippen LogP contribution in [0.2, 0.25) is 0 Å². The van der Waals surface area contributed by atoms with Gasteiger partial charge in [0.05, 0.1) is 6.20 Å². The van der Waals surface area contributed by atoms with Crippen LogP contribution in [0.15, 0.2) is 36.5 Å². The first-order chi connectivity index (χ1) is 13.6. The second-order valence-corrected chi connectivity index (χ2v) is 8.07. The molecule has 4 rings (SSSR count). The van der Waals surface area contributed by atoms with E-state index in [1.165, 1.54) is 42.4 Å². The predicted molar refractivity (Wildman–Crippen MR) is 112 cm³/mol. The zero-order chi connectivity index (χ0) is 19.5. The Morgan fingerprint density at radius 2 is 2.04 bits per heavy atom. The highest BCUT2D eigenvalue weighted by molar-refractivity contribution is 5.79. The molecule has 4 nitrogen and oxygen atoms in total. The number of benzene rings is 1. The number of nitrogens with zero attached hydrogens (tertiary/aromatic N) is 1. The Bertz CT molecular complexity index is 983. The summed E-state index contributed by atoms with van der Waals surface area (Å²) < 4.78 is 6.00. The maximum Gasteiger partial charge on any atom is 0.138 e. The molecule has 28 heavy (non-hydrogen) atoms. The topological polar surface area (TPSA) is 55.0 Å². The average molecular weight is 377 g/mol. The maximum atomic E-state index is 11.2. The van der Waals surface area contributed by atoms with Crippen molar-refractivity contribution in [1.29, 1.82) is 0 Å². The summed E-state index contributed by atoms with van der Waals surface area (Å²) in [6, 6.07) is 10.8. The van der Waals surface area contributed by atoms with Crippen LogP contribution in [0, 0.1) is 6.92 Å². The summed E-state index contributed by atoms with van der Waals surface area (Å²) in [6.45, 7) is 4.38. The van der Waals surface area contributed by atoms with Crippen molar-refractivity contribution in [3.63, 3.8) is 0 Å². The number of carbonyl (C=O) groups excluding carboxylic acids is 1. The number of pyridine rings is 1. The molecule has 1 fully saturated rings. The van der Waals surface area contributed by atoms with Crippen molar-refractivity contribution in [3.8, 4) is 5.75 Å². The Labute approximate surface area is 166 Å².